The number of nitrogens with zero attached hydrogens (tertiary/aromatic N) is 1. The first kappa shape index (κ1) is 24.1. The van der Waals surface area contributed by atoms with Gasteiger partial charge in [0.15, 0.2) is 6.61 Å². The molecule has 0 bridgehead atoms. The highest BCUT2D eigenvalue weighted by Gasteiger charge is 2.24. The van der Waals surface area contributed by atoms with Crippen LogP contribution in [0.5, 0.6) is 5.75 Å². The Morgan fingerprint density at radius 1 is 1.17 bits per heavy atom. The van der Waals surface area contributed by atoms with E-state index in [0.29, 0.717) is 41.7 Å². The Balaban J connectivity index is 1.68. The van der Waals surface area contributed by atoms with Crippen molar-refractivity contribution >= 4 is 41.1 Å². The maximum atomic E-state index is 12.4. The predicted octanol–water partition coefficient (Wildman–Crippen LogP) is 3.00. The average Bonchev–Trinajstić information content (AvgIpc) is 2.65. The Morgan fingerprint density at radius 2 is 1.83 bits per heavy atom. The molecule has 3 amide bonds. The number of piperidine rings is 1. The van der Waals surface area contributed by atoms with Crippen molar-refractivity contribution in [2.24, 2.45) is 0 Å². The first-order valence-electron chi connectivity index (χ1n) is 9.65. The lowest BCUT2D eigenvalue weighted by Gasteiger charge is -2.32. The summed E-state index contributed by atoms with van der Waals surface area (Å²) in [4.78, 5) is 37.6. The maximum Gasteiger partial charge on any atom is 0.408 e. The molecule has 1 saturated heterocycles. The van der Waals surface area contributed by atoms with Gasteiger partial charge in [-0.2, -0.15) is 0 Å². The molecule has 1 aromatic carbocycles. The summed E-state index contributed by atoms with van der Waals surface area (Å²) in [6, 6.07) is 4.74. The number of hydrogen-bond acceptors (Lipinski definition) is 5. The Hall–Kier alpha value is -2.19. The second-order valence-corrected chi connectivity index (χ2v) is 8.79. The van der Waals surface area contributed by atoms with Gasteiger partial charge in [-0.3, -0.25) is 9.59 Å². The van der Waals surface area contributed by atoms with E-state index >= 15 is 0 Å². The number of halogens is 2. The van der Waals surface area contributed by atoms with Crippen molar-refractivity contribution in [2.45, 2.75) is 45.3 Å². The fourth-order valence-electron chi connectivity index (χ4n) is 2.84. The molecule has 8 nitrogen and oxygen atoms in total. The smallest absolute Gasteiger partial charge is 0.408 e. The monoisotopic (exact) mass is 459 g/mol. The summed E-state index contributed by atoms with van der Waals surface area (Å²) in [7, 11) is 0. The van der Waals surface area contributed by atoms with E-state index < -0.39 is 11.7 Å². The normalized spacial score (nSPS) is 14.8. The van der Waals surface area contributed by atoms with E-state index in [1.165, 1.54) is 0 Å². The van der Waals surface area contributed by atoms with E-state index in [4.69, 9.17) is 32.7 Å². The van der Waals surface area contributed by atoms with Crippen LogP contribution in [0.4, 0.5) is 4.79 Å². The largest absolute Gasteiger partial charge is 0.482 e. The number of alkyl carbamates (subject to hydrolysis) is 1. The van der Waals surface area contributed by atoms with E-state index in [0.717, 1.165) is 0 Å². The predicted molar refractivity (Wildman–Crippen MR) is 114 cm³/mol. The van der Waals surface area contributed by atoms with Gasteiger partial charge in [0.2, 0.25) is 5.91 Å². The SMILES string of the molecule is CC(C)(C)OC(=O)NCC(=O)NC1CCN(C(=O)COc2ccc(Cl)cc2Cl)CC1. The molecule has 2 rings (SSSR count). The molecule has 166 valence electrons. The molecular weight excluding hydrogens is 433 g/mol. The van der Waals surface area contributed by atoms with Gasteiger partial charge in [-0.25, -0.2) is 4.79 Å². The van der Waals surface area contributed by atoms with Crippen LogP contribution < -0.4 is 15.4 Å². The van der Waals surface area contributed by atoms with Crippen LogP contribution in [-0.4, -0.2) is 60.7 Å². The Kier molecular flexibility index (Phi) is 8.61. The van der Waals surface area contributed by atoms with Crippen molar-refractivity contribution < 1.29 is 23.9 Å². The fraction of sp³-hybridized carbons (Fsp3) is 0.550. The Bertz CT molecular complexity index is 774. The summed E-state index contributed by atoms with van der Waals surface area (Å²) in [6.45, 7) is 5.95. The van der Waals surface area contributed by atoms with Crippen LogP contribution >= 0.6 is 23.2 Å². The number of nitrogens with one attached hydrogen (secondary N) is 2. The van der Waals surface area contributed by atoms with Gasteiger partial charge in [-0.1, -0.05) is 23.2 Å². The zero-order valence-corrected chi connectivity index (χ0v) is 18.8. The van der Waals surface area contributed by atoms with Crippen molar-refractivity contribution in [3.05, 3.63) is 28.2 Å². The molecule has 0 unspecified atom stereocenters. The molecule has 10 heteroatoms. The highest BCUT2D eigenvalue weighted by Crippen LogP contribution is 2.27. The lowest BCUT2D eigenvalue weighted by Crippen LogP contribution is -2.49. The first-order chi connectivity index (χ1) is 14.0. The Morgan fingerprint density at radius 3 is 2.43 bits per heavy atom. The van der Waals surface area contributed by atoms with Gasteiger partial charge >= 0.3 is 6.09 Å². The minimum atomic E-state index is -0.640. The number of likely N-dealkylation sites (tertiary alicyclic amines) is 1. The van der Waals surface area contributed by atoms with Crippen molar-refractivity contribution in [1.29, 1.82) is 0 Å². The Labute approximate surface area is 186 Å². The second kappa shape index (κ2) is 10.7. The number of rotatable bonds is 6. The molecule has 1 heterocycles. The molecule has 0 aromatic heterocycles. The van der Waals surface area contributed by atoms with E-state index in [9.17, 15) is 14.4 Å². The molecule has 0 spiro atoms. The summed E-state index contributed by atoms with van der Waals surface area (Å²) in [5.41, 5.74) is -0.622. The molecule has 0 atom stereocenters. The number of amides is 3. The van der Waals surface area contributed by atoms with Crippen molar-refractivity contribution in [1.82, 2.24) is 15.5 Å². The van der Waals surface area contributed by atoms with Crippen molar-refractivity contribution in [3.8, 4) is 5.75 Å². The quantitative estimate of drug-likeness (QED) is 0.681. The third-order valence-corrected chi connectivity index (χ3v) is 4.78. The van der Waals surface area contributed by atoms with Crippen LogP contribution in [0.2, 0.25) is 10.0 Å². The van der Waals surface area contributed by atoms with E-state index in [1.807, 2.05) is 0 Å². The number of ether oxygens (including phenoxy) is 2. The fourth-order valence-corrected chi connectivity index (χ4v) is 3.30. The van der Waals surface area contributed by atoms with Crippen LogP contribution in [0.1, 0.15) is 33.6 Å². The van der Waals surface area contributed by atoms with Crippen molar-refractivity contribution in [3.63, 3.8) is 0 Å². The highest BCUT2D eigenvalue weighted by molar-refractivity contribution is 6.35. The number of carbonyl (C=O) groups excluding carboxylic acids is 3. The third kappa shape index (κ3) is 8.28. The number of carbonyl (C=O) groups is 3. The maximum absolute atomic E-state index is 12.4. The van der Waals surface area contributed by atoms with E-state index in [2.05, 4.69) is 10.6 Å². The lowest BCUT2D eigenvalue weighted by atomic mass is 10.0. The molecule has 0 radical (unpaired) electrons. The van der Waals surface area contributed by atoms with Gasteiger partial charge in [0.05, 0.1) is 5.02 Å². The van der Waals surface area contributed by atoms with Gasteiger partial charge < -0.3 is 25.0 Å². The highest BCUT2D eigenvalue weighted by atomic mass is 35.5. The molecule has 1 aromatic rings. The molecule has 1 aliphatic heterocycles. The standard InChI is InChI=1S/C20H27Cl2N3O5/c1-20(2,3)30-19(28)23-11-17(26)24-14-6-8-25(9-7-14)18(27)12-29-16-5-4-13(21)10-15(16)22/h4-5,10,14H,6-9,11-12H2,1-3H3,(H,23,28)(H,24,26). The summed E-state index contributed by atoms with van der Waals surface area (Å²) < 4.78 is 10.6. The molecular formula is C20H27Cl2N3O5. The summed E-state index contributed by atoms with van der Waals surface area (Å²) >= 11 is 11.9. The topological polar surface area (TPSA) is 97.0 Å². The second-order valence-electron chi connectivity index (χ2n) is 7.94. The van der Waals surface area contributed by atoms with E-state index in [-0.39, 0.29) is 31.0 Å². The van der Waals surface area contributed by atoms with Gasteiger partial charge in [0.1, 0.15) is 17.9 Å². The van der Waals surface area contributed by atoms with Crippen LogP contribution in [0.15, 0.2) is 18.2 Å². The van der Waals surface area contributed by atoms with Crippen LogP contribution in [0.3, 0.4) is 0 Å². The minimum absolute atomic E-state index is 0.0615. The van der Waals surface area contributed by atoms with Crippen LogP contribution in [0, 0.1) is 0 Å². The van der Waals surface area contributed by atoms with Crippen molar-refractivity contribution in [2.75, 3.05) is 26.2 Å². The lowest BCUT2D eigenvalue weighted by molar-refractivity contribution is -0.134. The molecule has 30 heavy (non-hydrogen) atoms. The average molecular weight is 460 g/mol. The van der Waals surface area contributed by atoms with Crippen LogP contribution in [-0.2, 0) is 14.3 Å². The number of benzene rings is 1. The zero-order chi connectivity index (χ0) is 22.3. The molecule has 1 fully saturated rings. The molecule has 2 N–H and O–H groups in total. The molecule has 0 saturated carbocycles. The third-order valence-electron chi connectivity index (χ3n) is 4.25. The van der Waals surface area contributed by atoms with Gasteiger partial charge in [-0.05, 0) is 51.8 Å². The van der Waals surface area contributed by atoms with Gasteiger partial charge in [0, 0.05) is 24.2 Å². The summed E-state index contributed by atoms with van der Waals surface area (Å²) in [6.07, 6.45) is 0.593. The van der Waals surface area contributed by atoms with Crippen LogP contribution in [0.25, 0.3) is 0 Å². The van der Waals surface area contributed by atoms with Gasteiger partial charge in [-0.15, -0.1) is 0 Å². The zero-order valence-electron chi connectivity index (χ0n) is 17.3. The minimum Gasteiger partial charge on any atom is -0.482 e. The molecule has 0 aliphatic carbocycles. The molecule has 1 aliphatic rings. The first-order valence-corrected chi connectivity index (χ1v) is 10.4. The summed E-state index contributed by atoms with van der Waals surface area (Å²) in [5.74, 6) is -0.0576. The summed E-state index contributed by atoms with van der Waals surface area (Å²) in [5, 5.41) is 6.12. The number of hydrogen-bond donors (Lipinski definition) is 2. The van der Waals surface area contributed by atoms with E-state index in [1.54, 1.807) is 43.9 Å². The van der Waals surface area contributed by atoms with Gasteiger partial charge in [0.25, 0.3) is 5.91 Å².